The molecule has 3 fully saturated rings. The van der Waals surface area contributed by atoms with Gasteiger partial charge in [-0.1, -0.05) is 6.92 Å². The van der Waals surface area contributed by atoms with Crippen molar-refractivity contribution < 1.29 is 9.47 Å². The van der Waals surface area contributed by atoms with Gasteiger partial charge in [-0.3, -0.25) is 0 Å². The molecule has 74 valence electrons. The zero-order chi connectivity index (χ0) is 9.27. The van der Waals surface area contributed by atoms with E-state index in [2.05, 4.69) is 20.8 Å². The van der Waals surface area contributed by atoms with Gasteiger partial charge >= 0.3 is 0 Å². The minimum Gasteiger partial charge on any atom is -0.369 e. The maximum Gasteiger partial charge on any atom is 0.0920 e. The molecule has 0 bridgehead atoms. The summed E-state index contributed by atoms with van der Waals surface area (Å²) in [6, 6.07) is 0. The van der Waals surface area contributed by atoms with Crippen molar-refractivity contribution in [1.29, 1.82) is 0 Å². The molecular formula is C11H18O2. The fourth-order valence-corrected chi connectivity index (χ4v) is 3.00. The van der Waals surface area contributed by atoms with Gasteiger partial charge in [0.25, 0.3) is 0 Å². The Labute approximate surface area is 79.6 Å². The Hall–Kier alpha value is -0.0800. The molecule has 0 radical (unpaired) electrons. The van der Waals surface area contributed by atoms with Crippen LogP contribution >= 0.6 is 0 Å². The molecule has 0 N–H and O–H groups in total. The van der Waals surface area contributed by atoms with Crippen LogP contribution in [0.4, 0.5) is 0 Å². The lowest BCUT2D eigenvalue weighted by Gasteiger charge is -2.32. The monoisotopic (exact) mass is 182 g/mol. The number of rotatable bonds is 1. The van der Waals surface area contributed by atoms with Crippen molar-refractivity contribution >= 4 is 0 Å². The fraction of sp³-hybridized carbons (Fsp3) is 1.00. The van der Waals surface area contributed by atoms with E-state index in [0.717, 1.165) is 0 Å². The van der Waals surface area contributed by atoms with Gasteiger partial charge in [-0.25, -0.2) is 0 Å². The zero-order valence-corrected chi connectivity index (χ0v) is 8.67. The van der Waals surface area contributed by atoms with Gasteiger partial charge in [0.15, 0.2) is 0 Å². The lowest BCUT2D eigenvalue weighted by molar-refractivity contribution is 0.157. The second-order valence-electron chi connectivity index (χ2n) is 5.54. The molecular weight excluding hydrogens is 164 g/mol. The maximum atomic E-state index is 5.72. The van der Waals surface area contributed by atoms with Crippen LogP contribution in [0.1, 0.15) is 40.0 Å². The van der Waals surface area contributed by atoms with Gasteiger partial charge in [0.2, 0.25) is 0 Å². The first-order chi connectivity index (χ1) is 6.04. The molecule has 1 saturated carbocycles. The minimum atomic E-state index is 0.248. The molecule has 0 aromatic carbocycles. The van der Waals surface area contributed by atoms with Crippen molar-refractivity contribution in [2.24, 2.45) is 5.41 Å². The molecule has 3 rings (SSSR count). The third kappa shape index (κ3) is 1.08. The predicted octanol–water partition coefficient (Wildman–Crippen LogP) is 2.12. The number of ether oxygens (including phenoxy) is 2. The molecule has 0 amide bonds. The topological polar surface area (TPSA) is 25.1 Å². The van der Waals surface area contributed by atoms with E-state index in [0.29, 0.717) is 23.7 Å². The van der Waals surface area contributed by atoms with Crippen LogP contribution in [0, 0.1) is 5.41 Å². The van der Waals surface area contributed by atoms with Crippen LogP contribution in [0.2, 0.25) is 0 Å². The van der Waals surface area contributed by atoms with Gasteiger partial charge in [-0.05, 0) is 38.5 Å². The molecule has 2 heterocycles. The van der Waals surface area contributed by atoms with Crippen LogP contribution in [0.5, 0.6) is 0 Å². The number of hydrogen-bond acceptors (Lipinski definition) is 2. The average Bonchev–Trinajstić information content (AvgIpc) is 2.89. The quantitative estimate of drug-likeness (QED) is 0.580. The van der Waals surface area contributed by atoms with E-state index in [1.54, 1.807) is 0 Å². The molecule has 0 spiro atoms. The van der Waals surface area contributed by atoms with Crippen LogP contribution in [0.3, 0.4) is 0 Å². The SMILES string of the molecule is C[C@@H]1O[C@@H]1[C@]1(C)CC[C@@]2(C)O[C@@H]2C1. The highest BCUT2D eigenvalue weighted by Gasteiger charge is 2.62. The van der Waals surface area contributed by atoms with E-state index in [-0.39, 0.29) is 5.60 Å². The molecule has 2 saturated heterocycles. The Bertz CT molecular complexity index is 252. The first kappa shape index (κ1) is 8.25. The Kier molecular flexibility index (Phi) is 1.34. The highest BCUT2D eigenvalue weighted by molar-refractivity contribution is 5.11. The molecule has 3 aliphatic rings. The number of epoxide rings is 2. The summed E-state index contributed by atoms with van der Waals surface area (Å²) < 4.78 is 11.3. The molecule has 0 unspecified atom stereocenters. The van der Waals surface area contributed by atoms with Crippen LogP contribution in [0.25, 0.3) is 0 Å². The van der Waals surface area contributed by atoms with Crippen molar-refractivity contribution in [2.45, 2.75) is 63.9 Å². The van der Waals surface area contributed by atoms with Crippen molar-refractivity contribution in [3.8, 4) is 0 Å². The van der Waals surface area contributed by atoms with Crippen molar-refractivity contribution in [2.75, 3.05) is 0 Å². The molecule has 1 aliphatic carbocycles. The van der Waals surface area contributed by atoms with E-state index in [9.17, 15) is 0 Å². The number of fused-ring (bicyclic) bond motifs is 1. The Morgan fingerprint density at radius 1 is 1.23 bits per heavy atom. The van der Waals surface area contributed by atoms with Gasteiger partial charge in [0.1, 0.15) is 0 Å². The second-order valence-corrected chi connectivity index (χ2v) is 5.54. The summed E-state index contributed by atoms with van der Waals surface area (Å²) in [5.41, 5.74) is 0.651. The van der Waals surface area contributed by atoms with Crippen LogP contribution in [0.15, 0.2) is 0 Å². The largest absolute Gasteiger partial charge is 0.369 e. The third-order valence-corrected chi connectivity index (χ3v) is 4.28. The van der Waals surface area contributed by atoms with E-state index in [1.807, 2.05) is 0 Å². The van der Waals surface area contributed by atoms with Crippen LogP contribution in [-0.4, -0.2) is 23.9 Å². The third-order valence-electron chi connectivity index (χ3n) is 4.28. The highest BCUT2D eigenvalue weighted by Crippen LogP contribution is 2.58. The van der Waals surface area contributed by atoms with E-state index >= 15 is 0 Å². The summed E-state index contributed by atoms with van der Waals surface area (Å²) >= 11 is 0. The smallest absolute Gasteiger partial charge is 0.0920 e. The molecule has 13 heavy (non-hydrogen) atoms. The zero-order valence-electron chi connectivity index (χ0n) is 8.67. The first-order valence-corrected chi connectivity index (χ1v) is 5.37. The summed E-state index contributed by atoms with van der Waals surface area (Å²) in [4.78, 5) is 0. The van der Waals surface area contributed by atoms with Gasteiger partial charge in [0, 0.05) is 0 Å². The lowest BCUT2D eigenvalue weighted by atomic mass is 9.69. The maximum absolute atomic E-state index is 5.72. The molecule has 2 aliphatic heterocycles. The Morgan fingerprint density at radius 2 is 1.92 bits per heavy atom. The molecule has 0 aromatic rings. The second kappa shape index (κ2) is 2.12. The summed E-state index contributed by atoms with van der Waals surface area (Å²) in [5.74, 6) is 0. The summed E-state index contributed by atoms with van der Waals surface area (Å²) in [6.45, 7) is 6.79. The average molecular weight is 182 g/mol. The Balaban J connectivity index is 1.73. The lowest BCUT2D eigenvalue weighted by Crippen LogP contribution is -2.34. The van der Waals surface area contributed by atoms with Gasteiger partial charge < -0.3 is 9.47 Å². The van der Waals surface area contributed by atoms with Crippen molar-refractivity contribution in [3.63, 3.8) is 0 Å². The van der Waals surface area contributed by atoms with Gasteiger partial charge in [-0.2, -0.15) is 0 Å². The van der Waals surface area contributed by atoms with Crippen molar-refractivity contribution in [1.82, 2.24) is 0 Å². The summed E-state index contributed by atoms with van der Waals surface area (Å²) in [6.07, 6.45) is 5.24. The fourth-order valence-electron chi connectivity index (χ4n) is 3.00. The summed E-state index contributed by atoms with van der Waals surface area (Å²) in [7, 11) is 0. The Morgan fingerprint density at radius 3 is 2.46 bits per heavy atom. The molecule has 5 atom stereocenters. The summed E-state index contributed by atoms with van der Waals surface area (Å²) in [5, 5.41) is 0. The first-order valence-electron chi connectivity index (χ1n) is 5.37. The molecule has 0 aromatic heterocycles. The van der Waals surface area contributed by atoms with Crippen LogP contribution < -0.4 is 0 Å². The van der Waals surface area contributed by atoms with E-state index < -0.39 is 0 Å². The minimum absolute atomic E-state index is 0.248. The van der Waals surface area contributed by atoms with Crippen molar-refractivity contribution in [3.05, 3.63) is 0 Å². The molecule has 2 heteroatoms. The van der Waals surface area contributed by atoms with E-state index in [1.165, 1.54) is 19.3 Å². The van der Waals surface area contributed by atoms with Gasteiger partial charge in [0.05, 0.1) is 23.9 Å². The standard InChI is InChI=1S/C11H18O2/c1-7-9(12-7)10(2)4-5-11(3)8(6-10)13-11/h7-9H,4-6H2,1-3H3/t7-,8+,9-,10+,11+/m0/s1. The van der Waals surface area contributed by atoms with Crippen LogP contribution in [-0.2, 0) is 9.47 Å². The normalized spacial score (nSPS) is 64.4. The van der Waals surface area contributed by atoms with Gasteiger partial charge in [-0.15, -0.1) is 0 Å². The number of hydrogen-bond donors (Lipinski definition) is 0. The van der Waals surface area contributed by atoms with E-state index in [4.69, 9.17) is 9.47 Å². The highest BCUT2D eigenvalue weighted by atomic mass is 16.6. The predicted molar refractivity (Wildman–Crippen MR) is 49.6 cm³/mol. The molecule has 2 nitrogen and oxygen atoms in total.